The molecule has 0 radical (unpaired) electrons. The number of thiophene rings is 1. The summed E-state index contributed by atoms with van der Waals surface area (Å²) in [6.45, 7) is 0.587. The van der Waals surface area contributed by atoms with Crippen LogP contribution in [0.3, 0.4) is 0 Å². The molecular formula is C12H17NO3S2. The number of hydrogen-bond acceptors (Lipinski definition) is 4. The smallest absolute Gasteiger partial charge is 0.244 e. The molecule has 0 amide bonds. The SMILES string of the molecule is O=S(=O)(c1csc(CO)c1)N(CC1CC1)C1CC1. The van der Waals surface area contributed by atoms with E-state index in [0.29, 0.717) is 22.2 Å². The first-order valence-electron chi connectivity index (χ1n) is 6.31. The molecule has 4 nitrogen and oxygen atoms in total. The zero-order chi connectivity index (χ0) is 12.8. The average Bonchev–Trinajstić information content (AvgIpc) is 3.24. The summed E-state index contributed by atoms with van der Waals surface area (Å²) in [6, 6.07) is 1.82. The highest BCUT2D eigenvalue weighted by atomic mass is 32.2. The van der Waals surface area contributed by atoms with Crippen LogP contribution in [0.15, 0.2) is 16.3 Å². The van der Waals surface area contributed by atoms with Gasteiger partial charge in [0, 0.05) is 22.8 Å². The minimum absolute atomic E-state index is 0.0910. The Morgan fingerprint density at radius 3 is 2.56 bits per heavy atom. The molecule has 3 rings (SSSR count). The van der Waals surface area contributed by atoms with Gasteiger partial charge in [0.05, 0.1) is 11.5 Å². The highest BCUT2D eigenvalue weighted by molar-refractivity contribution is 7.89. The van der Waals surface area contributed by atoms with Crippen LogP contribution in [0.2, 0.25) is 0 Å². The Labute approximate surface area is 111 Å². The summed E-state index contributed by atoms with van der Waals surface area (Å²) >= 11 is 1.30. The third kappa shape index (κ3) is 2.47. The molecule has 0 aromatic carbocycles. The maximum atomic E-state index is 12.6. The van der Waals surface area contributed by atoms with E-state index in [0.717, 1.165) is 25.7 Å². The van der Waals surface area contributed by atoms with Gasteiger partial charge in [-0.15, -0.1) is 11.3 Å². The Hall–Kier alpha value is -0.430. The molecule has 0 aliphatic heterocycles. The third-order valence-electron chi connectivity index (χ3n) is 3.48. The topological polar surface area (TPSA) is 57.6 Å². The van der Waals surface area contributed by atoms with E-state index in [2.05, 4.69) is 0 Å². The molecule has 2 saturated carbocycles. The van der Waals surface area contributed by atoms with E-state index in [1.807, 2.05) is 0 Å². The second kappa shape index (κ2) is 4.59. The van der Waals surface area contributed by atoms with E-state index in [-0.39, 0.29) is 12.6 Å². The van der Waals surface area contributed by atoms with Gasteiger partial charge >= 0.3 is 0 Å². The van der Waals surface area contributed by atoms with Crippen LogP contribution in [0.1, 0.15) is 30.6 Å². The maximum absolute atomic E-state index is 12.6. The van der Waals surface area contributed by atoms with Crippen molar-refractivity contribution in [3.05, 3.63) is 16.3 Å². The summed E-state index contributed by atoms with van der Waals surface area (Å²) in [5, 5.41) is 10.7. The van der Waals surface area contributed by atoms with Gasteiger partial charge < -0.3 is 5.11 Å². The molecular weight excluding hydrogens is 270 g/mol. The lowest BCUT2D eigenvalue weighted by Gasteiger charge is -2.20. The number of rotatable bonds is 6. The van der Waals surface area contributed by atoms with Crippen molar-refractivity contribution in [2.45, 2.75) is 43.2 Å². The molecule has 100 valence electrons. The molecule has 1 aromatic heterocycles. The Morgan fingerprint density at radius 2 is 2.06 bits per heavy atom. The van der Waals surface area contributed by atoms with Crippen LogP contribution < -0.4 is 0 Å². The summed E-state index contributed by atoms with van der Waals surface area (Å²) in [6.07, 6.45) is 4.29. The molecule has 0 saturated heterocycles. The monoisotopic (exact) mass is 287 g/mol. The largest absolute Gasteiger partial charge is 0.391 e. The number of nitrogens with zero attached hydrogens (tertiary/aromatic N) is 1. The first-order chi connectivity index (χ1) is 8.61. The summed E-state index contributed by atoms with van der Waals surface area (Å²) < 4.78 is 26.8. The van der Waals surface area contributed by atoms with Crippen molar-refractivity contribution in [2.75, 3.05) is 6.54 Å². The summed E-state index contributed by atoms with van der Waals surface area (Å²) in [4.78, 5) is 1.06. The van der Waals surface area contributed by atoms with Crippen LogP contribution in [0.5, 0.6) is 0 Å². The lowest BCUT2D eigenvalue weighted by Crippen LogP contribution is -2.34. The van der Waals surface area contributed by atoms with Crippen molar-refractivity contribution in [2.24, 2.45) is 5.92 Å². The van der Waals surface area contributed by atoms with Gasteiger partial charge in [-0.25, -0.2) is 8.42 Å². The van der Waals surface area contributed by atoms with Gasteiger partial charge in [-0.1, -0.05) is 0 Å². The first-order valence-corrected chi connectivity index (χ1v) is 8.63. The van der Waals surface area contributed by atoms with Crippen molar-refractivity contribution in [3.63, 3.8) is 0 Å². The van der Waals surface area contributed by atoms with Crippen LogP contribution >= 0.6 is 11.3 Å². The van der Waals surface area contributed by atoms with Gasteiger partial charge in [-0.05, 0) is 37.7 Å². The van der Waals surface area contributed by atoms with Gasteiger partial charge in [0.2, 0.25) is 10.0 Å². The van der Waals surface area contributed by atoms with Crippen molar-refractivity contribution >= 4 is 21.4 Å². The van der Waals surface area contributed by atoms with Gasteiger partial charge in [0.15, 0.2) is 0 Å². The number of hydrogen-bond donors (Lipinski definition) is 1. The standard InChI is InChI=1S/C12H17NO3S2/c14-7-11-5-12(8-17-11)18(15,16)13(10-3-4-10)6-9-1-2-9/h5,8-10,14H,1-4,6-7H2. The van der Waals surface area contributed by atoms with Gasteiger partial charge in [-0.2, -0.15) is 4.31 Å². The van der Waals surface area contributed by atoms with Crippen molar-refractivity contribution < 1.29 is 13.5 Å². The van der Waals surface area contributed by atoms with Crippen molar-refractivity contribution in [1.29, 1.82) is 0 Å². The molecule has 0 bridgehead atoms. The zero-order valence-electron chi connectivity index (χ0n) is 10.1. The molecule has 2 aliphatic carbocycles. The van der Waals surface area contributed by atoms with E-state index in [9.17, 15) is 8.42 Å². The minimum Gasteiger partial charge on any atom is -0.391 e. The predicted molar refractivity (Wildman–Crippen MR) is 69.9 cm³/mol. The van der Waals surface area contributed by atoms with Crippen LogP contribution in [0, 0.1) is 5.92 Å². The molecule has 2 fully saturated rings. The van der Waals surface area contributed by atoms with Crippen LogP contribution in [-0.2, 0) is 16.6 Å². The fraction of sp³-hybridized carbons (Fsp3) is 0.667. The number of sulfonamides is 1. The second-order valence-corrected chi connectivity index (χ2v) is 8.04. The predicted octanol–water partition coefficient (Wildman–Crippen LogP) is 1.80. The molecule has 1 aromatic rings. The van der Waals surface area contributed by atoms with Gasteiger partial charge in [0.1, 0.15) is 0 Å². The normalized spacial score (nSPS) is 20.6. The highest BCUT2D eigenvalue weighted by Crippen LogP contribution is 2.38. The molecule has 18 heavy (non-hydrogen) atoms. The van der Waals surface area contributed by atoms with E-state index in [1.54, 1.807) is 15.8 Å². The summed E-state index contributed by atoms with van der Waals surface area (Å²) in [7, 11) is -3.35. The molecule has 0 atom stereocenters. The summed E-state index contributed by atoms with van der Waals surface area (Å²) in [5.74, 6) is 0.566. The van der Waals surface area contributed by atoms with Gasteiger partial charge in [0.25, 0.3) is 0 Å². The second-order valence-electron chi connectivity index (χ2n) is 5.16. The Kier molecular flexibility index (Phi) is 3.21. The fourth-order valence-corrected chi connectivity index (χ4v) is 4.96. The Balaban J connectivity index is 1.85. The number of aliphatic hydroxyl groups is 1. The third-order valence-corrected chi connectivity index (χ3v) is 6.45. The Morgan fingerprint density at radius 1 is 1.33 bits per heavy atom. The molecule has 0 unspecified atom stereocenters. The minimum atomic E-state index is -3.35. The van der Waals surface area contributed by atoms with E-state index >= 15 is 0 Å². The van der Waals surface area contributed by atoms with Crippen LogP contribution in [-0.4, -0.2) is 30.4 Å². The maximum Gasteiger partial charge on any atom is 0.244 e. The average molecular weight is 287 g/mol. The molecule has 0 spiro atoms. The fourth-order valence-electron chi connectivity index (χ4n) is 2.07. The Bertz CT molecular complexity index is 529. The van der Waals surface area contributed by atoms with Crippen molar-refractivity contribution in [1.82, 2.24) is 4.31 Å². The molecule has 6 heteroatoms. The molecule has 2 aliphatic rings. The summed E-state index contributed by atoms with van der Waals surface area (Å²) in [5.41, 5.74) is 0. The van der Waals surface area contributed by atoms with Crippen LogP contribution in [0.4, 0.5) is 0 Å². The lowest BCUT2D eigenvalue weighted by atomic mass is 10.4. The van der Waals surface area contributed by atoms with Gasteiger partial charge in [-0.3, -0.25) is 0 Å². The zero-order valence-corrected chi connectivity index (χ0v) is 11.7. The molecule has 1 N–H and O–H groups in total. The first kappa shape index (κ1) is 12.6. The van der Waals surface area contributed by atoms with Crippen LogP contribution in [0.25, 0.3) is 0 Å². The number of aliphatic hydroxyl groups excluding tert-OH is 1. The van der Waals surface area contributed by atoms with E-state index < -0.39 is 10.0 Å². The highest BCUT2D eigenvalue weighted by Gasteiger charge is 2.41. The van der Waals surface area contributed by atoms with E-state index in [4.69, 9.17) is 5.11 Å². The van der Waals surface area contributed by atoms with Crippen molar-refractivity contribution in [3.8, 4) is 0 Å². The quantitative estimate of drug-likeness (QED) is 0.868. The molecule has 1 heterocycles. The lowest BCUT2D eigenvalue weighted by molar-refractivity contribution is 0.285. The van der Waals surface area contributed by atoms with E-state index in [1.165, 1.54) is 11.3 Å².